The molecule has 3 aromatic rings. The minimum Gasteiger partial charge on any atom is -0.390 e. The van der Waals surface area contributed by atoms with Gasteiger partial charge in [-0.2, -0.15) is 9.21 Å². The molecule has 0 aliphatic heterocycles. The molecule has 1 aliphatic carbocycles. The van der Waals surface area contributed by atoms with Crippen molar-refractivity contribution in [1.29, 1.82) is 0 Å². The van der Waals surface area contributed by atoms with E-state index in [2.05, 4.69) is 20.8 Å². The quantitative estimate of drug-likeness (QED) is 0.140. The molecule has 4 atom stereocenters. The number of nitroso groups, excluding NO2 is 1. The summed E-state index contributed by atoms with van der Waals surface area (Å²) in [5, 5.41) is 23.2. The SMILES string of the molecule is CC[C@H](C)[C@H](NC(=O)N(C)Cc1csc(COC)n1)C(=O)N[C@@H](Cc1ccccc1)[C@H](O)CN(CC1CCC1)S(=O)(=O)c1ccc(CN=O)cc1. The van der Waals surface area contributed by atoms with Crippen LogP contribution in [0.4, 0.5) is 4.79 Å². The normalized spacial score (nSPS) is 15.7. The van der Waals surface area contributed by atoms with Gasteiger partial charge >= 0.3 is 6.03 Å². The zero-order chi connectivity index (χ0) is 37.0. The van der Waals surface area contributed by atoms with Crippen molar-refractivity contribution in [2.75, 3.05) is 27.2 Å². The first kappa shape index (κ1) is 40.0. The Morgan fingerprint density at radius 2 is 1.80 bits per heavy atom. The van der Waals surface area contributed by atoms with Gasteiger partial charge in [-0.3, -0.25) is 4.79 Å². The lowest BCUT2D eigenvalue weighted by Gasteiger charge is -2.35. The van der Waals surface area contributed by atoms with Gasteiger partial charge < -0.3 is 25.4 Å². The number of carbonyl (C=O) groups excluding carboxylic acids is 2. The fourth-order valence-electron chi connectivity index (χ4n) is 5.86. The Balaban J connectivity index is 1.54. The summed E-state index contributed by atoms with van der Waals surface area (Å²) in [6.45, 7) is 4.32. The molecular formula is C36H50N6O7S2. The van der Waals surface area contributed by atoms with Gasteiger partial charge in [-0.15, -0.1) is 11.3 Å². The second-order valence-corrected chi connectivity index (χ2v) is 16.1. The van der Waals surface area contributed by atoms with Crippen molar-refractivity contribution in [3.63, 3.8) is 0 Å². The maximum atomic E-state index is 14.0. The largest absolute Gasteiger partial charge is 0.390 e. The molecule has 0 saturated heterocycles. The van der Waals surface area contributed by atoms with Crippen LogP contribution in [0, 0.1) is 16.7 Å². The molecule has 0 unspecified atom stereocenters. The molecule has 3 N–H and O–H groups in total. The molecule has 51 heavy (non-hydrogen) atoms. The van der Waals surface area contributed by atoms with Gasteiger partial charge in [0.1, 0.15) is 17.6 Å². The summed E-state index contributed by atoms with van der Waals surface area (Å²) in [5.74, 6) is -0.572. The highest BCUT2D eigenvalue weighted by atomic mass is 32.2. The summed E-state index contributed by atoms with van der Waals surface area (Å²) >= 11 is 1.44. The van der Waals surface area contributed by atoms with Gasteiger partial charge in [-0.05, 0) is 54.4 Å². The fourth-order valence-corrected chi connectivity index (χ4v) is 8.14. The van der Waals surface area contributed by atoms with E-state index >= 15 is 0 Å². The lowest BCUT2D eigenvalue weighted by molar-refractivity contribution is -0.125. The molecule has 1 saturated carbocycles. The number of amides is 3. The molecule has 0 spiro atoms. The van der Waals surface area contributed by atoms with Crippen LogP contribution in [-0.4, -0.2) is 85.1 Å². The van der Waals surface area contributed by atoms with E-state index in [1.165, 1.54) is 32.7 Å². The van der Waals surface area contributed by atoms with E-state index in [0.717, 1.165) is 29.8 Å². The number of ether oxygens (including phenoxy) is 1. The first-order valence-electron chi connectivity index (χ1n) is 17.3. The number of methoxy groups -OCH3 is 1. The van der Waals surface area contributed by atoms with Crippen LogP contribution in [0.2, 0.25) is 0 Å². The highest BCUT2D eigenvalue weighted by Gasteiger charge is 2.35. The second kappa shape index (κ2) is 19.2. The first-order valence-corrected chi connectivity index (χ1v) is 19.6. The molecule has 1 fully saturated rings. The van der Waals surface area contributed by atoms with Crippen molar-refractivity contribution >= 4 is 33.3 Å². The Kier molecular flexibility index (Phi) is 15.1. The number of nitrogens with one attached hydrogen (secondary N) is 2. The van der Waals surface area contributed by atoms with Crippen molar-refractivity contribution in [3.8, 4) is 0 Å². The standard InChI is InChI=1S/C36H50N6O7S2/c1-5-25(2)34(40-36(45)41(3)21-29-24-50-33(38-29)23-49-4)35(44)39-31(18-26-10-7-6-8-11-26)32(43)22-42(20-28-12-9-13-28)51(47,48)30-16-14-27(15-17-30)19-37-46/h6-8,10-11,14-17,24-25,28,31-32,34,43H,5,9,12-13,18-23H2,1-4H3,(H,39,44)(H,40,45)/t25-,31-,32+,34-/m0/s1. The van der Waals surface area contributed by atoms with Gasteiger partial charge in [0.2, 0.25) is 15.9 Å². The second-order valence-electron chi connectivity index (χ2n) is 13.3. The van der Waals surface area contributed by atoms with E-state index in [1.807, 2.05) is 49.6 Å². The van der Waals surface area contributed by atoms with Crippen LogP contribution >= 0.6 is 11.3 Å². The number of hydrogen-bond acceptors (Lipinski definition) is 10. The molecule has 15 heteroatoms. The summed E-state index contributed by atoms with van der Waals surface area (Å²) in [6, 6.07) is 13.1. The number of benzene rings is 2. The summed E-state index contributed by atoms with van der Waals surface area (Å²) < 4.78 is 34.4. The van der Waals surface area contributed by atoms with Crippen molar-refractivity contribution in [2.24, 2.45) is 17.0 Å². The number of hydrogen-bond donors (Lipinski definition) is 3. The number of rotatable bonds is 20. The van der Waals surface area contributed by atoms with E-state index < -0.39 is 40.1 Å². The number of aliphatic hydroxyl groups is 1. The Morgan fingerprint density at radius 1 is 1.10 bits per heavy atom. The molecule has 0 bridgehead atoms. The van der Waals surface area contributed by atoms with Crippen molar-refractivity contribution in [2.45, 2.75) is 88.7 Å². The van der Waals surface area contributed by atoms with Gasteiger partial charge in [0.15, 0.2) is 0 Å². The van der Waals surface area contributed by atoms with E-state index in [1.54, 1.807) is 26.3 Å². The summed E-state index contributed by atoms with van der Waals surface area (Å²) in [7, 11) is -0.825. The van der Waals surface area contributed by atoms with Gasteiger partial charge in [0.05, 0.1) is 35.9 Å². The van der Waals surface area contributed by atoms with E-state index in [0.29, 0.717) is 24.3 Å². The molecule has 3 amide bonds. The predicted molar refractivity (Wildman–Crippen MR) is 196 cm³/mol. The maximum Gasteiger partial charge on any atom is 0.318 e. The van der Waals surface area contributed by atoms with Gasteiger partial charge in [-0.25, -0.2) is 18.2 Å². The molecule has 278 valence electrons. The minimum atomic E-state index is -4.04. The lowest BCUT2D eigenvalue weighted by atomic mass is 9.85. The average Bonchev–Trinajstić information content (AvgIpc) is 3.54. The fraction of sp³-hybridized carbons (Fsp3) is 0.528. The molecule has 1 heterocycles. The number of aromatic nitrogens is 1. The third kappa shape index (κ3) is 11.4. The van der Waals surface area contributed by atoms with E-state index in [4.69, 9.17) is 4.74 Å². The number of urea groups is 1. The van der Waals surface area contributed by atoms with Crippen molar-refractivity contribution in [1.82, 2.24) is 24.8 Å². The first-order chi connectivity index (χ1) is 24.4. The minimum absolute atomic E-state index is 0.0450. The summed E-state index contributed by atoms with van der Waals surface area (Å²) in [6.07, 6.45) is 2.32. The van der Waals surface area contributed by atoms with Crippen LogP contribution in [0.15, 0.2) is 70.0 Å². The number of nitrogens with zero attached hydrogens (tertiary/aromatic N) is 4. The van der Waals surface area contributed by atoms with Crippen molar-refractivity contribution < 1.29 is 27.9 Å². The van der Waals surface area contributed by atoms with Gasteiger partial charge in [0, 0.05) is 32.6 Å². The van der Waals surface area contributed by atoms with E-state index in [9.17, 15) is 28.0 Å². The number of sulfonamides is 1. The van der Waals surface area contributed by atoms with Crippen molar-refractivity contribution in [3.05, 3.63) is 86.7 Å². The Labute approximate surface area is 304 Å². The molecule has 1 aromatic heterocycles. The number of aliphatic hydroxyl groups excluding tert-OH is 1. The van der Waals surface area contributed by atoms with Crippen LogP contribution in [0.1, 0.15) is 61.4 Å². The zero-order valence-electron chi connectivity index (χ0n) is 29.7. The van der Waals surface area contributed by atoms with Crippen LogP contribution in [-0.2, 0) is 45.7 Å². The number of thiazole rings is 1. The third-order valence-corrected chi connectivity index (χ3v) is 12.1. The predicted octanol–water partition coefficient (Wildman–Crippen LogP) is 4.69. The molecule has 2 aromatic carbocycles. The monoisotopic (exact) mass is 742 g/mol. The van der Waals surface area contributed by atoms with Gasteiger partial charge in [-0.1, -0.05) is 74.3 Å². The molecule has 1 aliphatic rings. The molecule has 0 radical (unpaired) electrons. The van der Waals surface area contributed by atoms with Crippen LogP contribution in [0.25, 0.3) is 0 Å². The highest BCUT2D eigenvalue weighted by molar-refractivity contribution is 7.89. The molecule has 13 nitrogen and oxygen atoms in total. The number of carbonyl (C=O) groups is 2. The lowest BCUT2D eigenvalue weighted by Crippen LogP contribution is -2.58. The zero-order valence-corrected chi connectivity index (χ0v) is 31.4. The van der Waals surface area contributed by atoms with Crippen LogP contribution < -0.4 is 10.6 Å². The Morgan fingerprint density at radius 3 is 2.41 bits per heavy atom. The van der Waals surface area contributed by atoms with E-state index in [-0.39, 0.29) is 49.3 Å². The van der Waals surface area contributed by atoms with Crippen LogP contribution in [0.5, 0.6) is 0 Å². The third-order valence-electron chi connectivity index (χ3n) is 9.36. The van der Waals surface area contributed by atoms with Crippen LogP contribution in [0.3, 0.4) is 0 Å². The van der Waals surface area contributed by atoms with Gasteiger partial charge in [0.25, 0.3) is 0 Å². The maximum absolute atomic E-state index is 14.0. The molecular weight excluding hydrogens is 693 g/mol. The Bertz CT molecular complexity index is 1670. The molecule has 4 rings (SSSR count). The summed E-state index contributed by atoms with van der Waals surface area (Å²) in [4.78, 5) is 44.1. The smallest absolute Gasteiger partial charge is 0.318 e. The highest BCUT2D eigenvalue weighted by Crippen LogP contribution is 2.30. The topological polar surface area (TPSA) is 171 Å². The summed E-state index contributed by atoms with van der Waals surface area (Å²) in [5.41, 5.74) is 2.14. The average molecular weight is 743 g/mol. The Hall–Kier alpha value is -3.76.